The Balaban J connectivity index is 1.73. The summed E-state index contributed by atoms with van der Waals surface area (Å²) in [7, 11) is 1.68. The zero-order chi connectivity index (χ0) is 21.5. The van der Waals surface area contributed by atoms with Gasteiger partial charge in [0.1, 0.15) is 0 Å². The first-order valence-electron chi connectivity index (χ1n) is 9.75. The molecule has 158 valence electrons. The maximum atomic E-state index is 12.8. The average Bonchev–Trinajstić information content (AvgIpc) is 3.03. The average molecular weight is 444 g/mol. The third-order valence-electron chi connectivity index (χ3n) is 4.92. The van der Waals surface area contributed by atoms with Crippen LogP contribution < -0.4 is 5.32 Å². The Morgan fingerprint density at radius 2 is 1.80 bits per heavy atom. The molecule has 1 aromatic heterocycles. The van der Waals surface area contributed by atoms with Crippen molar-refractivity contribution in [3.8, 4) is 0 Å². The molecule has 0 fully saturated rings. The van der Waals surface area contributed by atoms with Gasteiger partial charge < -0.3 is 14.6 Å². The Labute approximate surface area is 186 Å². The number of ether oxygens (including phenoxy) is 1. The number of halogens is 1. The molecule has 0 saturated heterocycles. The van der Waals surface area contributed by atoms with Crippen molar-refractivity contribution in [3.05, 3.63) is 82.1 Å². The quantitative estimate of drug-likeness (QED) is 0.483. The number of methoxy groups -OCH3 is 1. The number of benzene rings is 2. The van der Waals surface area contributed by atoms with Crippen LogP contribution in [0.5, 0.6) is 0 Å². The molecule has 1 amide bonds. The molecule has 5 nitrogen and oxygen atoms in total. The number of hydrogen-bond donors (Lipinski definition) is 1. The van der Waals surface area contributed by atoms with Gasteiger partial charge in [-0.25, -0.2) is 4.98 Å². The fraction of sp³-hybridized carbons (Fsp3) is 0.304. The first-order chi connectivity index (χ1) is 14.5. The molecule has 0 aliphatic rings. The highest BCUT2D eigenvalue weighted by atomic mass is 35.5. The van der Waals surface area contributed by atoms with E-state index in [2.05, 4.69) is 14.9 Å². The molecule has 0 saturated carbocycles. The number of rotatable bonds is 9. The van der Waals surface area contributed by atoms with E-state index in [1.54, 1.807) is 7.11 Å². The van der Waals surface area contributed by atoms with Crippen LogP contribution in [0.1, 0.15) is 28.6 Å². The summed E-state index contributed by atoms with van der Waals surface area (Å²) in [6.07, 6.45) is 0. The number of carbonyl (C=O) groups excluding carboxylic acids is 1. The smallest absolute Gasteiger partial charge is 0.231 e. The second kappa shape index (κ2) is 10.7. The fourth-order valence-corrected chi connectivity index (χ4v) is 4.23. The monoisotopic (exact) mass is 443 g/mol. The minimum atomic E-state index is -0.242. The van der Waals surface area contributed by atoms with Crippen molar-refractivity contribution in [2.45, 2.75) is 31.6 Å². The van der Waals surface area contributed by atoms with E-state index in [4.69, 9.17) is 16.3 Å². The van der Waals surface area contributed by atoms with Crippen molar-refractivity contribution >= 4 is 29.3 Å². The van der Waals surface area contributed by atoms with Crippen LogP contribution in [0, 0.1) is 13.8 Å². The van der Waals surface area contributed by atoms with Gasteiger partial charge in [0.25, 0.3) is 0 Å². The molecule has 0 radical (unpaired) electrons. The predicted molar refractivity (Wildman–Crippen MR) is 122 cm³/mol. The van der Waals surface area contributed by atoms with Gasteiger partial charge in [0.05, 0.1) is 24.1 Å². The lowest BCUT2D eigenvalue weighted by Gasteiger charge is -2.20. The summed E-state index contributed by atoms with van der Waals surface area (Å²) in [5, 5.41) is 4.66. The first kappa shape index (κ1) is 22.4. The maximum absolute atomic E-state index is 12.8. The normalized spacial score (nSPS) is 12.0. The Morgan fingerprint density at radius 1 is 1.13 bits per heavy atom. The van der Waals surface area contributed by atoms with E-state index in [-0.39, 0.29) is 17.7 Å². The summed E-state index contributed by atoms with van der Waals surface area (Å²) >= 11 is 7.48. The van der Waals surface area contributed by atoms with Crippen molar-refractivity contribution in [1.29, 1.82) is 0 Å². The molecular weight excluding hydrogens is 418 g/mol. The molecule has 7 heteroatoms. The van der Waals surface area contributed by atoms with Gasteiger partial charge in [-0.15, -0.1) is 0 Å². The van der Waals surface area contributed by atoms with Crippen LogP contribution in [0.2, 0.25) is 5.02 Å². The molecule has 30 heavy (non-hydrogen) atoms. The standard InChI is InChI=1S/C23H26ClN3O2S/c1-16-17(2)27(13-14-29-3)23(25-16)30-15-21(28)26-22(18-7-5-4-6-8-18)19-9-11-20(24)12-10-19/h4-12,22H,13-15H2,1-3H3,(H,26,28). The van der Waals surface area contributed by atoms with Gasteiger partial charge in [-0.05, 0) is 37.1 Å². The molecule has 3 rings (SSSR count). The second-order valence-corrected chi connectivity index (χ2v) is 8.34. The SMILES string of the molecule is COCCn1c(SCC(=O)NC(c2ccccc2)c2ccc(Cl)cc2)nc(C)c1C. The number of amides is 1. The number of hydrogen-bond acceptors (Lipinski definition) is 4. The van der Waals surface area contributed by atoms with E-state index < -0.39 is 0 Å². The molecular formula is C23H26ClN3O2S. The minimum absolute atomic E-state index is 0.0552. The molecule has 1 heterocycles. The molecule has 1 unspecified atom stereocenters. The van der Waals surface area contributed by atoms with E-state index in [1.165, 1.54) is 11.8 Å². The Hall–Kier alpha value is -2.28. The van der Waals surface area contributed by atoms with Crippen LogP contribution in [0.3, 0.4) is 0 Å². The van der Waals surface area contributed by atoms with Crippen LogP contribution in [0.15, 0.2) is 59.8 Å². The number of carbonyl (C=O) groups is 1. The molecule has 1 N–H and O–H groups in total. The molecule has 2 aromatic carbocycles. The van der Waals surface area contributed by atoms with Crippen molar-refractivity contribution in [2.24, 2.45) is 0 Å². The van der Waals surface area contributed by atoms with Gasteiger partial charge in [-0.3, -0.25) is 4.79 Å². The highest BCUT2D eigenvalue weighted by molar-refractivity contribution is 7.99. The summed E-state index contributed by atoms with van der Waals surface area (Å²) in [4.78, 5) is 17.5. The zero-order valence-corrected chi connectivity index (χ0v) is 19.0. The van der Waals surface area contributed by atoms with E-state index >= 15 is 0 Å². The molecule has 0 spiro atoms. The number of nitrogens with zero attached hydrogens (tertiary/aromatic N) is 2. The van der Waals surface area contributed by atoms with Crippen molar-refractivity contribution in [2.75, 3.05) is 19.5 Å². The van der Waals surface area contributed by atoms with Gasteiger partial charge in [0.2, 0.25) is 5.91 Å². The third kappa shape index (κ3) is 5.65. The minimum Gasteiger partial charge on any atom is -0.383 e. The Morgan fingerprint density at radius 3 is 2.47 bits per heavy atom. The van der Waals surface area contributed by atoms with Crippen LogP contribution in [0.4, 0.5) is 0 Å². The van der Waals surface area contributed by atoms with Crippen molar-refractivity contribution in [3.63, 3.8) is 0 Å². The van der Waals surface area contributed by atoms with E-state index in [9.17, 15) is 4.79 Å². The number of thioether (sulfide) groups is 1. The number of aromatic nitrogens is 2. The topological polar surface area (TPSA) is 56.1 Å². The van der Waals surface area contributed by atoms with Gasteiger partial charge in [0, 0.05) is 24.4 Å². The Bertz CT molecular complexity index is 974. The zero-order valence-electron chi connectivity index (χ0n) is 17.4. The second-order valence-electron chi connectivity index (χ2n) is 6.96. The number of nitrogens with one attached hydrogen (secondary N) is 1. The molecule has 0 aliphatic carbocycles. The summed E-state index contributed by atoms with van der Waals surface area (Å²) < 4.78 is 7.30. The molecule has 0 bridgehead atoms. The summed E-state index contributed by atoms with van der Waals surface area (Å²) in [5.41, 5.74) is 4.07. The summed E-state index contributed by atoms with van der Waals surface area (Å²) in [6, 6.07) is 17.2. The van der Waals surface area contributed by atoms with Crippen LogP contribution >= 0.6 is 23.4 Å². The van der Waals surface area contributed by atoms with Crippen molar-refractivity contribution < 1.29 is 9.53 Å². The predicted octanol–water partition coefficient (Wildman–Crippen LogP) is 4.80. The van der Waals surface area contributed by atoms with E-state index in [1.807, 2.05) is 68.4 Å². The number of aryl methyl sites for hydroxylation is 1. The fourth-order valence-electron chi connectivity index (χ4n) is 3.17. The van der Waals surface area contributed by atoms with Crippen LogP contribution in [0.25, 0.3) is 0 Å². The number of imidazole rings is 1. The largest absolute Gasteiger partial charge is 0.383 e. The van der Waals surface area contributed by atoms with Crippen molar-refractivity contribution in [1.82, 2.24) is 14.9 Å². The molecule has 1 atom stereocenters. The maximum Gasteiger partial charge on any atom is 0.231 e. The Kier molecular flexibility index (Phi) is 7.96. The summed E-state index contributed by atoms with van der Waals surface area (Å²) in [5.74, 6) is 0.222. The lowest BCUT2D eigenvalue weighted by atomic mass is 9.99. The summed E-state index contributed by atoms with van der Waals surface area (Å²) in [6.45, 7) is 5.33. The van der Waals surface area contributed by atoms with E-state index in [0.717, 1.165) is 27.7 Å². The first-order valence-corrected chi connectivity index (χ1v) is 11.1. The highest BCUT2D eigenvalue weighted by Crippen LogP contribution is 2.25. The van der Waals surface area contributed by atoms with Crippen LogP contribution in [-0.2, 0) is 16.1 Å². The van der Waals surface area contributed by atoms with Gasteiger partial charge in [0.15, 0.2) is 5.16 Å². The lowest BCUT2D eigenvalue weighted by molar-refractivity contribution is -0.119. The van der Waals surface area contributed by atoms with Gasteiger partial charge in [-0.1, -0.05) is 65.8 Å². The van der Waals surface area contributed by atoms with Gasteiger partial charge in [-0.2, -0.15) is 0 Å². The van der Waals surface area contributed by atoms with E-state index in [0.29, 0.717) is 18.2 Å². The van der Waals surface area contributed by atoms with Crippen LogP contribution in [-0.4, -0.2) is 34.9 Å². The molecule has 0 aliphatic heterocycles. The van der Waals surface area contributed by atoms with Gasteiger partial charge >= 0.3 is 0 Å². The molecule has 3 aromatic rings. The lowest BCUT2D eigenvalue weighted by Crippen LogP contribution is -2.30. The highest BCUT2D eigenvalue weighted by Gasteiger charge is 2.18. The third-order valence-corrected chi connectivity index (χ3v) is 6.14.